The first-order valence-corrected chi connectivity index (χ1v) is 7.76. The summed E-state index contributed by atoms with van der Waals surface area (Å²) in [5, 5.41) is 24.4. The molecular formula is C14H20N2O4S. The van der Waals surface area contributed by atoms with Gasteiger partial charge in [-0.3, -0.25) is 5.32 Å². The van der Waals surface area contributed by atoms with Crippen LogP contribution in [0.1, 0.15) is 40.1 Å². The number of aliphatic hydroxyl groups is 1. The molecule has 1 saturated carbocycles. The Morgan fingerprint density at radius 1 is 1.33 bits per heavy atom. The Hall–Kier alpha value is -1.60. The van der Waals surface area contributed by atoms with Crippen LogP contribution in [0.2, 0.25) is 0 Å². The zero-order chi connectivity index (χ0) is 15.6. The van der Waals surface area contributed by atoms with Crippen LogP contribution in [0, 0.1) is 19.8 Å². The molecule has 6 nitrogen and oxygen atoms in total. The standard InChI is InChI=1S/C14H20N2O4S/c1-7-8(2)21-12(11(7)13(18)19)16-14(20)15-6-9-3-4-10(17)5-9/h9-10,17H,3-6H2,1-2H3,(H,18,19)(H2,15,16,20). The number of aryl methyl sites for hydroxylation is 1. The van der Waals surface area contributed by atoms with Crippen LogP contribution in [0.3, 0.4) is 0 Å². The van der Waals surface area contributed by atoms with Gasteiger partial charge in [0.2, 0.25) is 0 Å². The number of aromatic carboxylic acids is 1. The normalized spacial score (nSPS) is 21.3. The molecule has 0 aliphatic heterocycles. The molecule has 1 aliphatic carbocycles. The Morgan fingerprint density at radius 2 is 2.05 bits per heavy atom. The van der Waals surface area contributed by atoms with Crippen molar-refractivity contribution in [2.75, 3.05) is 11.9 Å². The van der Waals surface area contributed by atoms with Crippen LogP contribution >= 0.6 is 11.3 Å². The SMILES string of the molecule is Cc1sc(NC(=O)NCC2CCC(O)C2)c(C(=O)O)c1C. The van der Waals surface area contributed by atoms with E-state index in [4.69, 9.17) is 0 Å². The number of nitrogens with one attached hydrogen (secondary N) is 2. The first-order chi connectivity index (χ1) is 9.88. The molecule has 0 radical (unpaired) electrons. The van der Waals surface area contributed by atoms with E-state index in [1.807, 2.05) is 6.92 Å². The highest BCUT2D eigenvalue weighted by Gasteiger charge is 2.24. The van der Waals surface area contributed by atoms with Gasteiger partial charge < -0.3 is 15.5 Å². The Balaban J connectivity index is 1.94. The lowest BCUT2D eigenvalue weighted by Crippen LogP contribution is -2.32. The van der Waals surface area contributed by atoms with Crippen molar-refractivity contribution in [3.05, 3.63) is 16.0 Å². The van der Waals surface area contributed by atoms with E-state index in [-0.39, 0.29) is 17.6 Å². The number of carbonyl (C=O) groups is 2. The summed E-state index contributed by atoms with van der Waals surface area (Å²) in [6.07, 6.45) is 2.12. The molecule has 1 aromatic heterocycles. The lowest BCUT2D eigenvalue weighted by atomic mass is 10.1. The fourth-order valence-electron chi connectivity index (χ4n) is 2.59. The topological polar surface area (TPSA) is 98.7 Å². The third-order valence-electron chi connectivity index (χ3n) is 3.89. The average Bonchev–Trinajstić information content (AvgIpc) is 2.92. The zero-order valence-electron chi connectivity index (χ0n) is 12.1. The minimum absolute atomic E-state index is 0.156. The summed E-state index contributed by atoms with van der Waals surface area (Å²) in [5.41, 5.74) is 0.839. The molecule has 2 atom stereocenters. The number of hydrogen-bond donors (Lipinski definition) is 4. The van der Waals surface area contributed by atoms with E-state index in [1.54, 1.807) is 6.92 Å². The van der Waals surface area contributed by atoms with Crippen molar-refractivity contribution < 1.29 is 19.8 Å². The number of carboxylic acid groups (broad SMARTS) is 1. The predicted molar refractivity (Wildman–Crippen MR) is 81.1 cm³/mol. The van der Waals surface area contributed by atoms with Crippen LogP contribution in [0.4, 0.5) is 9.80 Å². The van der Waals surface area contributed by atoms with E-state index in [1.165, 1.54) is 11.3 Å². The quantitative estimate of drug-likeness (QED) is 0.686. The van der Waals surface area contributed by atoms with Crippen molar-refractivity contribution in [2.45, 2.75) is 39.2 Å². The molecule has 1 fully saturated rings. The Kier molecular flexibility index (Phi) is 4.84. The summed E-state index contributed by atoms with van der Waals surface area (Å²) < 4.78 is 0. The molecule has 4 N–H and O–H groups in total. The molecule has 0 saturated heterocycles. The van der Waals surface area contributed by atoms with Crippen LogP contribution in [-0.4, -0.2) is 34.9 Å². The maximum absolute atomic E-state index is 11.9. The number of hydrogen-bond acceptors (Lipinski definition) is 4. The summed E-state index contributed by atoms with van der Waals surface area (Å²) >= 11 is 1.26. The summed E-state index contributed by atoms with van der Waals surface area (Å²) in [6.45, 7) is 4.06. The van der Waals surface area contributed by atoms with Crippen LogP contribution in [-0.2, 0) is 0 Å². The molecule has 116 valence electrons. The van der Waals surface area contributed by atoms with Gasteiger partial charge in [0.05, 0.1) is 11.7 Å². The van der Waals surface area contributed by atoms with Gasteiger partial charge in [0.15, 0.2) is 0 Å². The molecule has 1 aromatic rings. The molecule has 21 heavy (non-hydrogen) atoms. The lowest BCUT2D eigenvalue weighted by Gasteiger charge is -2.11. The van der Waals surface area contributed by atoms with E-state index >= 15 is 0 Å². The fraction of sp³-hybridized carbons (Fsp3) is 0.571. The first kappa shape index (κ1) is 15.8. The van der Waals surface area contributed by atoms with Crippen molar-refractivity contribution in [1.82, 2.24) is 5.32 Å². The second-order valence-electron chi connectivity index (χ2n) is 5.46. The van der Waals surface area contributed by atoms with Crippen molar-refractivity contribution in [3.8, 4) is 0 Å². The van der Waals surface area contributed by atoms with Gasteiger partial charge in [-0.1, -0.05) is 0 Å². The van der Waals surface area contributed by atoms with Gasteiger partial charge in [0.25, 0.3) is 0 Å². The minimum Gasteiger partial charge on any atom is -0.478 e. The van der Waals surface area contributed by atoms with E-state index in [0.29, 0.717) is 23.5 Å². The third kappa shape index (κ3) is 3.74. The number of aliphatic hydroxyl groups excluding tert-OH is 1. The van der Waals surface area contributed by atoms with E-state index in [0.717, 1.165) is 17.7 Å². The smallest absolute Gasteiger partial charge is 0.338 e. The summed E-state index contributed by atoms with van der Waals surface area (Å²) in [5.74, 6) is -0.748. The van der Waals surface area contributed by atoms with Gasteiger partial charge in [0.1, 0.15) is 5.00 Å². The second-order valence-corrected chi connectivity index (χ2v) is 6.69. The second kappa shape index (κ2) is 6.44. The molecule has 0 aromatic carbocycles. The third-order valence-corrected chi connectivity index (χ3v) is 5.01. The highest BCUT2D eigenvalue weighted by atomic mass is 32.1. The van der Waals surface area contributed by atoms with Gasteiger partial charge >= 0.3 is 12.0 Å². The molecule has 1 heterocycles. The number of thiophene rings is 1. The maximum Gasteiger partial charge on any atom is 0.338 e. The summed E-state index contributed by atoms with van der Waals surface area (Å²) in [4.78, 5) is 24.0. The highest BCUT2D eigenvalue weighted by Crippen LogP contribution is 2.32. The molecular weight excluding hydrogens is 292 g/mol. The molecule has 1 aliphatic rings. The van der Waals surface area contributed by atoms with Gasteiger partial charge in [-0.25, -0.2) is 9.59 Å². The number of amides is 2. The summed E-state index contributed by atoms with van der Waals surface area (Å²) in [6, 6.07) is -0.403. The van der Waals surface area contributed by atoms with Crippen LogP contribution in [0.15, 0.2) is 0 Å². The Morgan fingerprint density at radius 3 is 2.62 bits per heavy atom. The zero-order valence-corrected chi connectivity index (χ0v) is 12.9. The van der Waals surface area contributed by atoms with Gasteiger partial charge in [0, 0.05) is 11.4 Å². The van der Waals surface area contributed by atoms with Gasteiger partial charge in [-0.05, 0) is 44.6 Å². The first-order valence-electron chi connectivity index (χ1n) is 6.94. The molecule has 2 rings (SSSR count). The predicted octanol–water partition coefficient (Wildman–Crippen LogP) is 2.35. The molecule has 7 heteroatoms. The molecule has 0 bridgehead atoms. The number of rotatable bonds is 4. The average molecular weight is 312 g/mol. The van der Waals surface area contributed by atoms with E-state index in [9.17, 15) is 19.8 Å². The lowest BCUT2D eigenvalue weighted by molar-refractivity contribution is 0.0697. The number of anilines is 1. The van der Waals surface area contributed by atoms with Crippen molar-refractivity contribution in [2.24, 2.45) is 5.92 Å². The highest BCUT2D eigenvalue weighted by molar-refractivity contribution is 7.16. The Bertz CT molecular complexity index is 555. The molecule has 0 spiro atoms. The number of carboxylic acids is 1. The minimum atomic E-state index is -1.04. The largest absolute Gasteiger partial charge is 0.478 e. The molecule has 2 unspecified atom stereocenters. The van der Waals surface area contributed by atoms with Crippen LogP contribution < -0.4 is 10.6 Å². The van der Waals surface area contributed by atoms with Crippen molar-refractivity contribution >= 4 is 28.3 Å². The van der Waals surface area contributed by atoms with E-state index < -0.39 is 12.0 Å². The number of urea groups is 1. The van der Waals surface area contributed by atoms with Crippen molar-refractivity contribution in [1.29, 1.82) is 0 Å². The van der Waals surface area contributed by atoms with Gasteiger partial charge in [-0.15, -0.1) is 11.3 Å². The van der Waals surface area contributed by atoms with E-state index in [2.05, 4.69) is 10.6 Å². The van der Waals surface area contributed by atoms with Crippen LogP contribution in [0.25, 0.3) is 0 Å². The monoisotopic (exact) mass is 312 g/mol. The van der Waals surface area contributed by atoms with Crippen LogP contribution in [0.5, 0.6) is 0 Å². The maximum atomic E-state index is 11.9. The Labute approximate surface area is 127 Å². The number of carbonyl (C=O) groups excluding carboxylic acids is 1. The fourth-order valence-corrected chi connectivity index (χ4v) is 3.64. The summed E-state index contributed by atoms with van der Waals surface area (Å²) in [7, 11) is 0. The van der Waals surface area contributed by atoms with Crippen molar-refractivity contribution in [3.63, 3.8) is 0 Å². The molecule has 2 amide bonds. The van der Waals surface area contributed by atoms with Gasteiger partial charge in [-0.2, -0.15) is 0 Å².